The molecule has 8 rings (SSSR count). The summed E-state index contributed by atoms with van der Waals surface area (Å²) in [6, 6.07) is 46.5. The van der Waals surface area contributed by atoms with E-state index < -0.39 is 23.3 Å². The van der Waals surface area contributed by atoms with Gasteiger partial charge in [0.2, 0.25) is 11.8 Å². The summed E-state index contributed by atoms with van der Waals surface area (Å²) in [6.45, 7) is 0. The van der Waals surface area contributed by atoms with Crippen LogP contribution in [-0.2, 0) is 21.7 Å². The van der Waals surface area contributed by atoms with Gasteiger partial charge in [0.25, 0.3) is 0 Å². The van der Waals surface area contributed by atoms with Gasteiger partial charge in [-0.1, -0.05) is 74.9 Å². The van der Waals surface area contributed by atoms with Crippen molar-refractivity contribution in [1.82, 2.24) is 0 Å². The smallest absolute Gasteiger partial charge is 0.357 e. The van der Waals surface area contributed by atoms with Crippen LogP contribution in [0.1, 0.15) is 84.9 Å². The van der Waals surface area contributed by atoms with Crippen LogP contribution in [0.3, 0.4) is 0 Å². The fourth-order valence-electron chi connectivity index (χ4n) is 6.95. The van der Waals surface area contributed by atoms with Crippen LogP contribution in [0.4, 0.5) is 28.9 Å². The molecule has 2 saturated carbocycles. The Morgan fingerprint density at radius 3 is 1.09 bits per heavy atom. The second-order valence-corrected chi connectivity index (χ2v) is 13.6. The molecular weight excluding hydrogens is 760 g/mol. The van der Waals surface area contributed by atoms with E-state index >= 15 is 0 Å². The monoisotopic (exact) mass is 806 g/mol. The largest absolute Gasteiger partial charge is 4.00 e. The van der Waals surface area contributed by atoms with Crippen molar-refractivity contribution in [3.05, 3.63) is 192 Å². The van der Waals surface area contributed by atoms with E-state index in [2.05, 4.69) is 0 Å². The summed E-state index contributed by atoms with van der Waals surface area (Å²) in [5.74, 6) is -3.67. The van der Waals surface area contributed by atoms with Crippen molar-refractivity contribution in [2.24, 2.45) is 0 Å². The molecule has 0 saturated heterocycles. The molecule has 2 fully saturated rings. The summed E-state index contributed by atoms with van der Waals surface area (Å²) in [7, 11) is 0. The van der Waals surface area contributed by atoms with E-state index in [0.29, 0.717) is 11.1 Å². The Balaban J connectivity index is 0.000000200. The summed E-state index contributed by atoms with van der Waals surface area (Å²) in [5.41, 5.74) is 1.21. The summed E-state index contributed by atoms with van der Waals surface area (Å²) in [4.78, 5) is 28.8. The molecule has 0 atom stereocenters. The summed E-state index contributed by atoms with van der Waals surface area (Å²) >= 11 is 0. The van der Waals surface area contributed by atoms with Crippen molar-refractivity contribution in [3.8, 4) is 0 Å². The number of amides is 2. The molecule has 0 N–H and O–H groups in total. The van der Waals surface area contributed by atoms with Crippen LogP contribution in [-0.4, -0.2) is 23.9 Å². The maximum atomic E-state index is 14.2. The first-order valence-electron chi connectivity index (χ1n) is 19.2. The molecule has 0 bridgehead atoms. The standard InChI is InChI=1S/2C19H18F2NO.2C5H5.Ti/c2*20-15-11-12-18(17(21)13-15)22(16-9-5-2-6-10-16)19(23)14-7-3-1-4-8-14;2*1-2-4-5-3-1;/h2*1,3-4,7-8,11-12,16H,2,5-6,9-10H2;2*1-5H;/q4*-1;+4. The van der Waals surface area contributed by atoms with E-state index in [1.165, 1.54) is 21.9 Å². The number of rotatable bonds is 6. The molecule has 0 aromatic heterocycles. The van der Waals surface area contributed by atoms with E-state index in [4.69, 9.17) is 0 Å². The third-order valence-electron chi connectivity index (χ3n) is 9.67. The average Bonchev–Trinajstić information content (AvgIpc) is 4.03. The Kier molecular flexibility index (Phi) is 18.7. The fourth-order valence-corrected chi connectivity index (χ4v) is 6.95. The molecule has 0 radical (unpaired) electrons. The predicted octanol–water partition coefficient (Wildman–Crippen LogP) is 12.3. The number of hydrogen-bond donors (Lipinski definition) is 0. The SMILES string of the molecule is O=C(c1ccccc1)N(c1ccc(F)[c-]c1F)C1CCCCC1.O=C(c1ccccc1)N(c1ccc(F)[c-]c1F)C1CCCCC1.[Ti+4].c1cc[cH-]c1.c1cc[cH-]c1. The molecule has 2 aliphatic rings. The summed E-state index contributed by atoms with van der Waals surface area (Å²) in [5, 5.41) is 0. The number of anilines is 2. The molecule has 9 heteroatoms. The molecule has 6 aromatic carbocycles. The molecule has 2 aliphatic carbocycles. The zero-order chi connectivity index (χ0) is 39.5. The van der Waals surface area contributed by atoms with Gasteiger partial charge >= 0.3 is 21.7 Å². The number of benzene rings is 4. The Labute approximate surface area is 348 Å². The van der Waals surface area contributed by atoms with Crippen LogP contribution in [0.15, 0.2) is 146 Å². The molecule has 0 heterocycles. The Bertz CT molecular complexity index is 1830. The first-order chi connectivity index (χ1) is 27.3. The first-order valence-corrected chi connectivity index (χ1v) is 19.2. The van der Waals surface area contributed by atoms with Gasteiger partial charge in [0.05, 0.1) is 0 Å². The molecule has 4 nitrogen and oxygen atoms in total. The minimum Gasteiger partial charge on any atom is -0.357 e. The Morgan fingerprint density at radius 1 is 0.474 bits per heavy atom. The number of hydrogen-bond acceptors (Lipinski definition) is 2. The zero-order valence-electron chi connectivity index (χ0n) is 31.8. The van der Waals surface area contributed by atoms with Gasteiger partial charge in [0.1, 0.15) is 0 Å². The minimum atomic E-state index is -0.820. The number of halogens is 4. The van der Waals surface area contributed by atoms with Crippen molar-refractivity contribution in [1.29, 1.82) is 0 Å². The molecule has 57 heavy (non-hydrogen) atoms. The summed E-state index contributed by atoms with van der Waals surface area (Å²) < 4.78 is 54.8. The molecule has 2 amide bonds. The molecule has 0 unspecified atom stereocenters. The van der Waals surface area contributed by atoms with Crippen molar-refractivity contribution >= 4 is 23.2 Å². The van der Waals surface area contributed by atoms with Crippen molar-refractivity contribution in [2.75, 3.05) is 9.80 Å². The topological polar surface area (TPSA) is 40.6 Å². The van der Waals surface area contributed by atoms with Gasteiger partial charge in [-0.25, -0.2) is 41.8 Å². The Hall–Kier alpha value is -5.05. The van der Waals surface area contributed by atoms with Crippen LogP contribution >= 0.6 is 0 Å². The normalized spacial score (nSPS) is 13.8. The quantitative estimate of drug-likeness (QED) is 0.0955. The van der Waals surface area contributed by atoms with Gasteiger partial charge < -0.3 is 9.80 Å². The van der Waals surface area contributed by atoms with Crippen molar-refractivity contribution < 1.29 is 48.9 Å². The van der Waals surface area contributed by atoms with Crippen LogP contribution in [0.25, 0.3) is 0 Å². The van der Waals surface area contributed by atoms with Gasteiger partial charge in [-0.05, 0) is 61.3 Å². The molecule has 6 aromatic rings. The van der Waals surface area contributed by atoms with Crippen molar-refractivity contribution in [3.63, 3.8) is 0 Å². The second-order valence-electron chi connectivity index (χ2n) is 13.6. The third-order valence-corrected chi connectivity index (χ3v) is 9.67. The predicted molar refractivity (Wildman–Crippen MR) is 215 cm³/mol. The molecule has 292 valence electrons. The van der Waals surface area contributed by atoms with E-state index in [0.717, 1.165) is 76.3 Å². The maximum absolute atomic E-state index is 14.2. The number of carbonyl (C=O) groups is 2. The van der Waals surface area contributed by atoms with E-state index in [1.807, 2.05) is 84.9 Å². The van der Waals surface area contributed by atoms with E-state index in [1.54, 1.807) is 48.5 Å². The maximum Gasteiger partial charge on any atom is 4.00 e. The van der Waals surface area contributed by atoms with Gasteiger partial charge in [-0.3, -0.25) is 9.59 Å². The number of carbonyl (C=O) groups excluding carboxylic acids is 2. The van der Waals surface area contributed by atoms with Gasteiger partial charge in [0.15, 0.2) is 0 Å². The van der Waals surface area contributed by atoms with Crippen LogP contribution in [0, 0.1) is 35.4 Å². The molecule has 0 aliphatic heterocycles. The van der Waals surface area contributed by atoms with Gasteiger partial charge in [-0.2, -0.15) is 36.4 Å². The first kappa shape index (κ1) is 44.7. The van der Waals surface area contributed by atoms with Crippen LogP contribution in [0.5, 0.6) is 0 Å². The van der Waals surface area contributed by atoms with Crippen LogP contribution < -0.4 is 9.80 Å². The average molecular weight is 807 g/mol. The third kappa shape index (κ3) is 13.5. The fraction of sp³-hybridized carbons (Fsp3) is 0.250. The zero-order valence-corrected chi connectivity index (χ0v) is 33.4. The Morgan fingerprint density at radius 2 is 0.807 bits per heavy atom. The van der Waals surface area contributed by atoms with Gasteiger partial charge in [0, 0.05) is 46.5 Å². The minimum absolute atomic E-state index is 0. The van der Waals surface area contributed by atoms with E-state index in [-0.39, 0.29) is 57.0 Å². The number of nitrogens with zero attached hydrogens (tertiary/aromatic N) is 2. The van der Waals surface area contributed by atoms with E-state index in [9.17, 15) is 27.2 Å². The van der Waals surface area contributed by atoms with Gasteiger partial charge in [-0.15, -0.1) is 36.4 Å². The van der Waals surface area contributed by atoms with Crippen molar-refractivity contribution in [2.45, 2.75) is 76.3 Å². The molecule has 0 spiro atoms. The summed E-state index contributed by atoms with van der Waals surface area (Å²) in [6.07, 6.45) is 9.61. The van der Waals surface area contributed by atoms with Crippen LogP contribution in [0.2, 0.25) is 0 Å². The molecular formula is C48H46F4N2O2Ti. The second kappa shape index (κ2) is 23.9.